The minimum absolute atomic E-state index is 0.111. The van der Waals surface area contributed by atoms with Gasteiger partial charge in [0.25, 0.3) is 5.91 Å². The molecule has 6 heteroatoms. The Balaban J connectivity index is 1.65. The molecule has 2 amide bonds. The number of aromatic nitrogens is 1. The Labute approximate surface area is 193 Å². The average Bonchev–Trinajstić information content (AvgIpc) is 3.16. The predicted molar refractivity (Wildman–Crippen MR) is 128 cm³/mol. The van der Waals surface area contributed by atoms with Crippen molar-refractivity contribution in [1.82, 2.24) is 9.88 Å². The Kier molecular flexibility index (Phi) is 5.25. The first-order valence-electron chi connectivity index (χ1n) is 11.4. The molecule has 1 aromatic heterocycles. The smallest absolute Gasteiger partial charge is 0.275 e. The van der Waals surface area contributed by atoms with Crippen LogP contribution in [-0.4, -0.2) is 28.0 Å². The molecule has 0 spiro atoms. The minimum Gasteiger partial charge on any atom is -0.351 e. The number of nitrogens with zero attached hydrogens (tertiary/aromatic N) is 2. The van der Waals surface area contributed by atoms with Gasteiger partial charge in [-0.1, -0.05) is 55.1 Å². The lowest BCUT2D eigenvalue weighted by molar-refractivity contribution is -0.127. The Morgan fingerprint density at radius 3 is 2.62 bits per heavy atom. The topological polar surface area (TPSA) is 54.3 Å². The van der Waals surface area contributed by atoms with E-state index in [9.17, 15) is 9.59 Å². The van der Waals surface area contributed by atoms with Crippen molar-refractivity contribution in [3.05, 3.63) is 64.8 Å². The van der Waals surface area contributed by atoms with Crippen LogP contribution in [0.5, 0.6) is 0 Å². The molecule has 1 aliphatic carbocycles. The fraction of sp³-hybridized carbons (Fsp3) is 0.385. The van der Waals surface area contributed by atoms with Crippen LogP contribution >= 0.6 is 11.6 Å². The molecule has 3 aromatic rings. The van der Waals surface area contributed by atoms with Crippen LogP contribution in [-0.2, 0) is 11.3 Å². The SMILES string of the molecule is Cc1c(Cl)cccc1N1C(=O)c2cc3ccccc3n2C[C@]1(C)C(=O)NC1CCCCC1. The van der Waals surface area contributed by atoms with E-state index in [1.165, 1.54) is 6.42 Å². The maximum Gasteiger partial charge on any atom is 0.275 e. The van der Waals surface area contributed by atoms with E-state index in [1.54, 1.807) is 4.90 Å². The number of para-hydroxylation sites is 1. The van der Waals surface area contributed by atoms with Gasteiger partial charge >= 0.3 is 0 Å². The number of rotatable bonds is 3. The molecule has 166 valence electrons. The maximum absolute atomic E-state index is 13.9. The van der Waals surface area contributed by atoms with Gasteiger partial charge in [-0.3, -0.25) is 14.5 Å². The Morgan fingerprint density at radius 1 is 1.09 bits per heavy atom. The number of hydrogen-bond acceptors (Lipinski definition) is 2. The van der Waals surface area contributed by atoms with Crippen molar-refractivity contribution in [3.63, 3.8) is 0 Å². The van der Waals surface area contributed by atoms with Gasteiger partial charge in [0.15, 0.2) is 0 Å². The van der Waals surface area contributed by atoms with Crippen LogP contribution in [0, 0.1) is 6.92 Å². The molecule has 0 radical (unpaired) electrons. The summed E-state index contributed by atoms with van der Waals surface area (Å²) in [4.78, 5) is 29.4. The molecule has 1 aliphatic heterocycles. The van der Waals surface area contributed by atoms with Gasteiger partial charge in [-0.15, -0.1) is 0 Å². The second kappa shape index (κ2) is 7.96. The van der Waals surface area contributed by atoms with E-state index in [4.69, 9.17) is 11.6 Å². The second-order valence-electron chi connectivity index (χ2n) is 9.28. The van der Waals surface area contributed by atoms with E-state index in [-0.39, 0.29) is 17.9 Å². The fourth-order valence-corrected chi connectivity index (χ4v) is 5.42. The third-order valence-electron chi connectivity index (χ3n) is 7.10. The normalized spacial score (nSPS) is 21.6. The van der Waals surface area contributed by atoms with Crippen molar-refractivity contribution < 1.29 is 9.59 Å². The molecule has 1 N–H and O–H groups in total. The van der Waals surface area contributed by atoms with E-state index in [2.05, 4.69) is 5.32 Å². The molecular weight excluding hydrogens is 422 g/mol. The highest BCUT2D eigenvalue weighted by Crippen LogP contribution is 2.39. The van der Waals surface area contributed by atoms with Crippen LogP contribution < -0.4 is 10.2 Å². The maximum atomic E-state index is 13.9. The number of carbonyl (C=O) groups is 2. The molecule has 2 aliphatic rings. The van der Waals surface area contributed by atoms with Crippen LogP contribution in [0.15, 0.2) is 48.5 Å². The number of anilines is 1. The van der Waals surface area contributed by atoms with Gasteiger partial charge in [0.2, 0.25) is 5.91 Å². The lowest BCUT2D eigenvalue weighted by Gasteiger charge is -2.45. The Bertz CT molecular complexity index is 1210. The summed E-state index contributed by atoms with van der Waals surface area (Å²) in [7, 11) is 0. The van der Waals surface area contributed by atoms with Crippen molar-refractivity contribution in [2.75, 3.05) is 4.90 Å². The van der Waals surface area contributed by atoms with Crippen LogP contribution in [0.2, 0.25) is 5.02 Å². The molecule has 32 heavy (non-hydrogen) atoms. The fourth-order valence-electron chi connectivity index (χ4n) is 5.25. The number of amides is 2. The zero-order chi connectivity index (χ0) is 22.5. The van der Waals surface area contributed by atoms with Gasteiger partial charge < -0.3 is 9.88 Å². The Hall–Kier alpha value is -2.79. The van der Waals surface area contributed by atoms with E-state index in [0.29, 0.717) is 22.9 Å². The molecule has 0 bridgehead atoms. The van der Waals surface area contributed by atoms with E-state index in [1.807, 2.05) is 66.9 Å². The summed E-state index contributed by atoms with van der Waals surface area (Å²) in [6.45, 7) is 4.15. The zero-order valence-corrected chi connectivity index (χ0v) is 19.3. The number of carbonyl (C=O) groups excluding carboxylic acids is 2. The van der Waals surface area contributed by atoms with E-state index in [0.717, 1.165) is 42.1 Å². The average molecular weight is 450 g/mol. The lowest BCUT2D eigenvalue weighted by atomic mass is 9.90. The summed E-state index contributed by atoms with van der Waals surface area (Å²) in [5.41, 5.74) is 1.95. The molecule has 0 unspecified atom stereocenters. The molecule has 5 rings (SSSR count). The first kappa shape index (κ1) is 21.1. The van der Waals surface area contributed by atoms with Crippen molar-refractivity contribution in [2.45, 2.75) is 64.1 Å². The third-order valence-corrected chi connectivity index (χ3v) is 7.51. The van der Waals surface area contributed by atoms with Crippen molar-refractivity contribution in [3.8, 4) is 0 Å². The van der Waals surface area contributed by atoms with Crippen LogP contribution in [0.1, 0.15) is 55.1 Å². The van der Waals surface area contributed by atoms with Crippen molar-refractivity contribution in [1.29, 1.82) is 0 Å². The molecule has 1 atom stereocenters. The molecular formula is C26H28ClN3O2. The quantitative estimate of drug-likeness (QED) is 0.576. The van der Waals surface area contributed by atoms with Gasteiger partial charge in [0.1, 0.15) is 11.2 Å². The van der Waals surface area contributed by atoms with Crippen LogP contribution in [0.4, 0.5) is 5.69 Å². The highest BCUT2D eigenvalue weighted by molar-refractivity contribution is 6.32. The van der Waals surface area contributed by atoms with Gasteiger partial charge in [-0.05, 0) is 56.5 Å². The summed E-state index contributed by atoms with van der Waals surface area (Å²) in [6, 6.07) is 15.5. The number of halogens is 1. The molecule has 2 aromatic carbocycles. The largest absolute Gasteiger partial charge is 0.351 e. The van der Waals surface area contributed by atoms with Crippen LogP contribution in [0.3, 0.4) is 0 Å². The molecule has 0 saturated heterocycles. The van der Waals surface area contributed by atoms with Gasteiger partial charge in [-0.25, -0.2) is 0 Å². The summed E-state index contributed by atoms with van der Waals surface area (Å²) < 4.78 is 1.99. The summed E-state index contributed by atoms with van der Waals surface area (Å²) in [5.74, 6) is -0.292. The first-order chi connectivity index (χ1) is 15.4. The number of hydrogen-bond donors (Lipinski definition) is 1. The monoisotopic (exact) mass is 449 g/mol. The minimum atomic E-state index is -1.08. The standard InChI is InChI=1S/C26H28ClN3O2/c1-17-20(27)12-8-14-21(17)30-24(31)23-15-18-9-6-7-13-22(18)29(23)16-26(30,2)25(32)28-19-10-4-3-5-11-19/h6-9,12-15,19H,3-5,10-11,16H2,1-2H3,(H,28,32)/t26-/m1/s1. The molecule has 1 saturated carbocycles. The second-order valence-corrected chi connectivity index (χ2v) is 9.69. The van der Waals surface area contributed by atoms with Crippen molar-refractivity contribution in [2.24, 2.45) is 0 Å². The molecule has 5 nitrogen and oxygen atoms in total. The molecule has 1 fully saturated rings. The lowest BCUT2D eigenvalue weighted by Crippen LogP contribution is -2.65. The Morgan fingerprint density at radius 2 is 1.84 bits per heavy atom. The summed E-state index contributed by atoms with van der Waals surface area (Å²) >= 11 is 6.43. The van der Waals surface area contributed by atoms with E-state index < -0.39 is 5.54 Å². The highest BCUT2D eigenvalue weighted by atomic mass is 35.5. The van der Waals surface area contributed by atoms with Gasteiger partial charge in [0.05, 0.1) is 6.54 Å². The summed E-state index contributed by atoms with van der Waals surface area (Å²) in [6.07, 6.45) is 5.45. The zero-order valence-electron chi connectivity index (χ0n) is 18.5. The number of benzene rings is 2. The highest BCUT2D eigenvalue weighted by Gasteiger charge is 2.49. The van der Waals surface area contributed by atoms with Crippen LogP contribution in [0.25, 0.3) is 10.9 Å². The van der Waals surface area contributed by atoms with Gasteiger partial charge in [0, 0.05) is 27.7 Å². The predicted octanol–water partition coefficient (Wildman–Crippen LogP) is 5.47. The molecule has 2 heterocycles. The van der Waals surface area contributed by atoms with E-state index >= 15 is 0 Å². The first-order valence-corrected chi connectivity index (χ1v) is 11.8. The van der Waals surface area contributed by atoms with Gasteiger partial charge in [-0.2, -0.15) is 0 Å². The summed E-state index contributed by atoms with van der Waals surface area (Å²) in [5, 5.41) is 4.85. The van der Waals surface area contributed by atoms with Crippen molar-refractivity contribution >= 4 is 40.0 Å². The third kappa shape index (κ3) is 3.30. The number of nitrogens with one attached hydrogen (secondary N) is 1. The number of fused-ring (bicyclic) bond motifs is 3.